The van der Waals surface area contributed by atoms with Crippen molar-refractivity contribution in [1.82, 2.24) is 4.57 Å². The Kier molecular flexibility index (Phi) is 4.83. The maximum atomic E-state index is 2.65. The zero-order chi connectivity index (χ0) is 29.9. The fraction of sp³-hybridized carbons (Fsp3) is 0. The number of aromatic nitrogens is 1. The van der Waals surface area contributed by atoms with Gasteiger partial charge < -0.3 is 9.38 Å². The van der Waals surface area contributed by atoms with Gasteiger partial charge in [0.2, 0.25) is 0 Å². The lowest BCUT2D eigenvalue weighted by atomic mass is 9.44. The van der Waals surface area contributed by atoms with Gasteiger partial charge in [-0.25, -0.2) is 0 Å². The van der Waals surface area contributed by atoms with Crippen molar-refractivity contribution in [3.05, 3.63) is 152 Å². The molecule has 46 heavy (non-hydrogen) atoms. The first-order valence-electron chi connectivity index (χ1n) is 15.9. The number of rotatable bonds is 2. The summed E-state index contributed by atoms with van der Waals surface area (Å²) >= 11 is 1.92. The third-order valence-corrected chi connectivity index (χ3v) is 11.3. The Balaban J connectivity index is 1.40. The third kappa shape index (κ3) is 3.07. The molecular formula is C42H25BN2S. The lowest BCUT2D eigenvalue weighted by Crippen LogP contribution is -2.60. The van der Waals surface area contributed by atoms with Crippen LogP contribution in [0.3, 0.4) is 0 Å². The average Bonchev–Trinajstić information content (AvgIpc) is 3.68. The number of benzene rings is 7. The number of hydrogen-bond donors (Lipinski definition) is 0. The summed E-state index contributed by atoms with van der Waals surface area (Å²) in [5.74, 6) is 0. The molecule has 0 bridgehead atoms. The number of anilines is 2. The van der Waals surface area contributed by atoms with E-state index in [1.54, 1.807) is 0 Å². The molecule has 4 heterocycles. The zero-order valence-corrected chi connectivity index (χ0v) is 25.6. The van der Waals surface area contributed by atoms with Crippen LogP contribution in [0.4, 0.5) is 11.4 Å². The van der Waals surface area contributed by atoms with E-state index in [0.29, 0.717) is 0 Å². The molecule has 2 aliphatic heterocycles. The van der Waals surface area contributed by atoms with E-state index in [-0.39, 0.29) is 6.85 Å². The number of para-hydroxylation sites is 3. The largest absolute Gasteiger partial charge is 0.375 e. The van der Waals surface area contributed by atoms with E-state index in [2.05, 4.69) is 161 Å². The summed E-state index contributed by atoms with van der Waals surface area (Å²) in [7, 11) is 0. The van der Waals surface area contributed by atoms with E-state index in [0.717, 1.165) is 0 Å². The van der Waals surface area contributed by atoms with Crippen molar-refractivity contribution in [3.63, 3.8) is 0 Å². The van der Waals surface area contributed by atoms with Gasteiger partial charge in [0.05, 0.1) is 21.4 Å². The molecule has 0 aliphatic carbocycles. The van der Waals surface area contributed by atoms with Crippen molar-refractivity contribution < 1.29 is 0 Å². The summed E-state index contributed by atoms with van der Waals surface area (Å²) in [4.78, 5) is 2.65. The van der Waals surface area contributed by atoms with Crippen molar-refractivity contribution in [2.75, 3.05) is 4.81 Å². The zero-order valence-electron chi connectivity index (χ0n) is 24.8. The fourth-order valence-corrected chi connectivity index (χ4v) is 9.61. The predicted molar refractivity (Wildman–Crippen MR) is 198 cm³/mol. The second-order valence-electron chi connectivity index (χ2n) is 12.4. The molecule has 0 unspecified atom stereocenters. The molecule has 0 radical (unpaired) electrons. The molecule has 2 nitrogen and oxygen atoms in total. The molecule has 0 atom stereocenters. The van der Waals surface area contributed by atoms with Gasteiger partial charge in [0, 0.05) is 43.2 Å². The number of nitrogens with zero attached hydrogens (tertiary/aromatic N) is 2. The minimum Gasteiger partial charge on any atom is -0.375 e. The van der Waals surface area contributed by atoms with Crippen LogP contribution >= 0.6 is 11.3 Å². The highest BCUT2D eigenvalue weighted by molar-refractivity contribution is 7.26. The second kappa shape index (κ2) is 9.00. The summed E-state index contributed by atoms with van der Waals surface area (Å²) in [6.45, 7) is 0.0149. The average molecular weight is 601 g/mol. The Hall–Kier alpha value is -5.58. The Morgan fingerprint density at radius 1 is 0.543 bits per heavy atom. The second-order valence-corrected chi connectivity index (χ2v) is 13.5. The third-order valence-electron chi connectivity index (χ3n) is 10.2. The molecule has 7 aromatic carbocycles. The van der Waals surface area contributed by atoms with Crippen LogP contribution < -0.4 is 15.7 Å². The fourth-order valence-electron chi connectivity index (χ4n) is 8.36. The Morgan fingerprint density at radius 3 is 2.13 bits per heavy atom. The SMILES string of the molecule is c1ccc(-c2cc3c4c5c2c2ccccc2n5-c2ccccc2B4N(c2ccccc2)c2c-3ccc3c2sc2ccccc23)cc1. The molecule has 2 aliphatic rings. The van der Waals surface area contributed by atoms with Crippen LogP contribution in [0.2, 0.25) is 0 Å². The van der Waals surface area contributed by atoms with Gasteiger partial charge in [0.1, 0.15) is 0 Å². The molecule has 0 spiro atoms. The standard InChI is InChI=1S/C42H25BN2S/c1-3-13-26(14-4-1)32-25-33-29-23-24-30-28-17-8-12-22-37(28)46-42(30)40(29)45(27-15-5-2-6-16-27)43-34-19-9-11-21-36(34)44-35-20-10-7-18-31(35)38(32)41(44)39(33)43/h1-25H. The monoisotopic (exact) mass is 600 g/mol. The normalized spacial score (nSPS) is 13.1. The minimum absolute atomic E-state index is 0.0149. The Bertz CT molecular complexity index is 2710. The van der Waals surface area contributed by atoms with Crippen LogP contribution in [-0.2, 0) is 0 Å². The number of hydrogen-bond acceptors (Lipinski definition) is 2. The molecule has 9 aromatic rings. The summed E-state index contributed by atoms with van der Waals surface area (Å²) in [6, 6.07) is 56.2. The minimum atomic E-state index is 0.0149. The van der Waals surface area contributed by atoms with Gasteiger partial charge in [0.15, 0.2) is 0 Å². The highest BCUT2D eigenvalue weighted by Crippen LogP contribution is 2.52. The molecule has 212 valence electrons. The van der Waals surface area contributed by atoms with Gasteiger partial charge in [-0.05, 0) is 64.0 Å². The highest BCUT2D eigenvalue weighted by Gasteiger charge is 2.45. The van der Waals surface area contributed by atoms with Gasteiger partial charge in [0.25, 0.3) is 0 Å². The Labute approximate surface area is 270 Å². The van der Waals surface area contributed by atoms with Crippen molar-refractivity contribution >= 4 is 82.5 Å². The van der Waals surface area contributed by atoms with Crippen LogP contribution in [0.5, 0.6) is 0 Å². The van der Waals surface area contributed by atoms with E-state index in [4.69, 9.17) is 0 Å². The highest BCUT2D eigenvalue weighted by atomic mass is 32.1. The van der Waals surface area contributed by atoms with Crippen LogP contribution in [0.15, 0.2) is 152 Å². The van der Waals surface area contributed by atoms with Crippen LogP contribution in [0, 0.1) is 0 Å². The number of thiophene rings is 1. The van der Waals surface area contributed by atoms with Crippen LogP contribution in [0.25, 0.3) is 69.9 Å². The first-order chi connectivity index (χ1) is 22.9. The maximum absolute atomic E-state index is 2.65. The van der Waals surface area contributed by atoms with Gasteiger partial charge >= 0.3 is 6.85 Å². The van der Waals surface area contributed by atoms with Crippen LogP contribution in [-0.4, -0.2) is 11.4 Å². The summed E-state index contributed by atoms with van der Waals surface area (Å²) in [6.07, 6.45) is 0. The smallest absolute Gasteiger partial charge is 0.333 e. The first kappa shape index (κ1) is 24.7. The summed E-state index contributed by atoms with van der Waals surface area (Å²) < 4.78 is 5.22. The number of fused-ring (bicyclic) bond motifs is 12. The van der Waals surface area contributed by atoms with E-state index < -0.39 is 0 Å². The van der Waals surface area contributed by atoms with Crippen molar-refractivity contribution in [2.24, 2.45) is 0 Å². The molecule has 0 amide bonds. The quantitative estimate of drug-likeness (QED) is 0.179. The van der Waals surface area contributed by atoms with E-state index in [1.165, 1.54) is 92.2 Å². The molecule has 11 rings (SSSR count). The van der Waals surface area contributed by atoms with E-state index in [1.807, 2.05) is 11.3 Å². The van der Waals surface area contributed by atoms with Crippen molar-refractivity contribution in [2.45, 2.75) is 0 Å². The lowest BCUT2D eigenvalue weighted by Gasteiger charge is -2.42. The first-order valence-corrected chi connectivity index (χ1v) is 16.7. The van der Waals surface area contributed by atoms with E-state index >= 15 is 0 Å². The molecule has 0 fully saturated rings. The van der Waals surface area contributed by atoms with Gasteiger partial charge in [-0.3, -0.25) is 0 Å². The maximum Gasteiger partial charge on any atom is 0.333 e. The van der Waals surface area contributed by atoms with E-state index in [9.17, 15) is 0 Å². The van der Waals surface area contributed by atoms with Crippen LogP contribution in [0.1, 0.15) is 0 Å². The lowest BCUT2D eigenvalue weighted by molar-refractivity contribution is 1.18. The molecule has 0 N–H and O–H groups in total. The molecule has 0 saturated carbocycles. The predicted octanol–water partition coefficient (Wildman–Crippen LogP) is 10.1. The van der Waals surface area contributed by atoms with Crippen molar-refractivity contribution in [3.8, 4) is 27.9 Å². The summed E-state index contributed by atoms with van der Waals surface area (Å²) in [5.41, 5.74) is 14.2. The molecule has 0 saturated heterocycles. The Morgan fingerprint density at radius 2 is 1.26 bits per heavy atom. The van der Waals surface area contributed by atoms with Gasteiger partial charge in [-0.1, -0.05) is 115 Å². The topological polar surface area (TPSA) is 8.17 Å². The van der Waals surface area contributed by atoms with Gasteiger partial charge in [-0.2, -0.15) is 0 Å². The van der Waals surface area contributed by atoms with Gasteiger partial charge in [-0.15, -0.1) is 11.3 Å². The molecule has 2 aromatic heterocycles. The van der Waals surface area contributed by atoms with Crippen molar-refractivity contribution in [1.29, 1.82) is 0 Å². The summed E-state index contributed by atoms with van der Waals surface area (Å²) in [5, 5.41) is 5.28. The molecule has 4 heteroatoms. The molecular weight excluding hydrogens is 575 g/mol.